The van der Waals surface area contributed by atoms with Crippen molar-refractivity contribution in [2.45, 2.75) is 64.0 Å². The Morgan fingerprint density at radius 3 is 2.63 bits per heavy atom. The summed E-state index contributed by atoms with van der Waals surface area (Å²) in [6.07, 6.45) is 7.61. The summed E-state index contributed by atoms with van der Waals surface area (Å²) in [7, 11) is 0. The van der Waals surface area contributed by atoms with Gasteiger partial charge in [0.2, 0.25) is 5.91 Å². The summed E-state index contributed by atoms with van der Waals surface area (Å²) in [6, 6.07) is 0.0227. The van der Waals surface area contributed by atoms with Crippen molar-refractivity contribution in [3.8, 4) is 0 Å². The lowest BCUT2D eigenvalue weighted by Gasteiger charge is -2.34. The molecule has 2 rings (SSSR count). The van der Waals surface area contributed by atoms with Crippen LogP contribution in [-0.4, -0.2) is 47.7 Å². The van der Waals surface area contributed by atoms with Gasteiger partial charge < -0.3 is 10.4 Å². The Balaban J connectivity index is 1.76. The van der Waals surface area contributed by atoms with E-state index in [9.17, 15) is 9.90 Å². The van der Waals surface area contributed by atoms with E-state index in [1.807, 2.05) is 0 Å². The standard InChI is InChI=1S/C15H28N2O2/c1-2-17-10-6-5-9-13(17)15(19)16-11-14(18)12-7-3-4-8-12/h12-14,18H,2-11H2,1H3,(H,16,19). The third kappa shape index (κ3) is 3.93. The first-order valence-electron chi connectivity index (χ1n) is 7.92. The van der Waals surface area contributed by atoms with Gasteiger partial charge in [0.25, 0.3) is 0 Å². The summed E-state index contributed by atoms with van der Waals surface area (Å²) in [4.78, 5) is 14.5. The first-order valence-corrected chi connectivity index (χ1v) is 7.92. The first kappa shape index (κ1) is 14.8. The molecular weight excluding hydrogens is 240 g/mol. The molecule has 2 atom stereocenters. The predicted octanol–water partition coefficient (Wildman–Crippen LogP) is 1.53. The summed E-state index contributed by atoms with van der Waals surface area (Å²) in [5.74, 6) is 0.507. The van der Waals surface area contributed by atoms with Crippen LogP contribution in [0.2, 0.25) is 0 Å². The van der Waals surface area contributed by atoms with Crippen LogP contribution >= 0.6 is 0 Å². The van der Waals surface area contributed by atoms with Crippen LogP contribution in [0.25, 0.3) is 0 Å². The molecule has 0 spiro atoms. The molecule has 2 unspecified atom stereocenters. The fourth-order valence-corrected chi connectivity index (χ4v) is 3.50. The quantitative estimate of drug-likeness (QED) is 0.795. The number of aliphatic hydroxyl groups excluding tert-OH is 1. The molecule has 0 radical (unpaired) electrons. The van der Waals surface area contributed by atoms with Gasteiger partial charge in [0, 0.05) is 6.54 Å². The van der Waals surface area contributed by atoms with Gasteiger partial charge in [0.1, 0.15) is 0 Å². The van der Waals surface area contributed by atoms with Gasteiger partial charge in [-0.3, -0.25) is 9.69 Å². The first-order chi connectivity index (χ1) is 9.22. The molecule has 0 aromatic rings. The van der Waals surface area contributed by atoms with Crippen LogP contribution in [0.3, 0.4) is 0 Å². The number of likely N-dealkylation sites (N-methyl/N-ethyl adjacent to an activating group) is 1. The molecule has 1 aliphatic heterocycles. The maximum Gasteiger partial charge on any atom is 0.237 e. The van der Waals surface area contributed by atoms with Crippen LogP contribution in [0, 0.1) is 5.92 Å². The highest BCUT2D eigenvalue weighted by molar-refractivity contribution is 5.81. The van der Waals surface area contributed by atoms with Crippen LogP contribution in [0.15, 0.2) is 0 Å². The zero-order chi connectivity index (χ0) is 13.7. The monoisotopic (exact) mass is 268 g/mol. The number of hydrogen-bond donors (Lipinski definition) is 2. The highest BCUT2D eigenvalue weighted by Gasteiger charge is 2.29. The van der Waals surface area contributed by atoms with Crippen molar-refractivity contribution >= 4 is 5.91 Å². The molecule has 0 aromatic carbocycles. The number of amides is 1. The van der Waals surface area contributed by atoms with Crippen molar-refractivity contribution in [1.82, 2.24) is 10.2 Å². The highest BCUT2D eigenvalue weighted by Crippen LogP contribution is 2.27. The second-order valence-corrected chi connectivity index (χ2v) is 6.00. The molecule has 4 nitrogen and oxygen atoms in total. The van der Waals surface area contributed by atoms with Crippen LogP contribution < -0.4 is 5.32 Å². The normalized spacial score (nSPS) is 27.4. The largest absolute Gasteiger partial charge is 0.391 e. The fraction of sp³-hybridized carbons (Fsp3) is 0.933. The fourth-order valence-electron chi connectivity index (χ4n) is 3.50. The number of carbonyl (C=O) groups excluding carboxylic acids is 1. The van der Waals surface area contributed by atoms with E-state index in [-0.39, 0.29) is 18.1 Å². The van der Waals surface area contributed by atoms with Gasteiger partial charge in [-0.25, -0.2) is 0 Å². The Bertz CT molecular complexity index is 290. The van der Waals surface area contributed by atoms with Crippen LogP contribution in [-0.2, 0) is 4.79 Å². The average molecular weight is 268 g/mol. The van der Waals surface area contributed by atoms with Gasteiger partial charge >= 0.3 is 0 Å². The zero-order valence-corrected chi connectivity index (χ0v) is 12.1. The summed E-state index contributed by atoms with van der Waals surface area (Å²) < 4.78 is 0. The van der Waals surface area contributed by atoms with Gasteiger partial charge in [-0.05, 0) is 44.7 Å². The Labute approximate surface area is 116 Å². The van der Waals surface area contributed by atoms with E-state index in [4.69, 9.17) is 0 Å². The lowest BCUT2D eigenvalue weighted by molar-refractivity contribution is -0.128. The molecule has 1 saturated carbocycles. The molecule has 1 heterocycles. The van der Waals surface area contributed by atoms with E-state index in [1.165, 1.54) is 19.3 Å². The number of aliphatic hydroxyl groups is 1. The molecule has 2 aliphatic rings. The minimum Gasteiger partial charge on any atom is -0.391 e. The van der Waals surface area contributed by atoms with Crippen molar-refractivity contribution in [3.63, 3.8) is 0 Å². The van der Waals surface area contributed by atoms with E-state index in [1.54, 1.807) is 0 Å². The molecule has 2 fully saturated rings. The van der Waals surface area contributed by atoms with E-state index in [0.717, 1.165) is 38.8 Å². The number of nitrogens with zero attached hydrogens (tertiary/aromatic N) is 1. The second kappa shape index (κ2) is 7.25. The lowest BCUT2D eigenvalue weighted by atomic mass is 9.99. The SMILES string of the molecule is CCN1CCCCC1C(=O)NCC(O)C1CCCC1. The molecule has 19 heavy (non-hydrogen) atoms. The van der Waals surface area contributed by atoms with E-state index in [2.05, 4.69) is 17.1 Å². The molecule has 110 valence electrons. The maximum atomic E-state index is 12.2. The number of carbonyl (C=O) groups is 1. The number of hydrogen-bond acceptors (Lipinski definition) is 3. The van der Waals surface area contributed by atoms with E-state index in [0.29, 0.717) is 12.5 Å². The summed E-state index contributed by atoms with van der Waals surface area (Å²) in [6.45, 7) is 4.50. The molecule has 1 aliphatic carbocycles. The summed E-state index contributed by atoms with van der Waals surface area (Å²) >= 11 is 0. The highest BCUT2D eigenvalue weighted by atomic mass is 16.3. The molecule has 4 heteroatoms. The molecule has 0 bridgehead atoms. The van der Waals surface area contributed by atoms with Crippen LogP contribution in [0.5, 0.6) is 0 Å². The van der Waals surface area contributed by atoms with Gasteiger partial charge in [-0.1, -0.05) is 26.2 Å². The zero-order valence-electron chi connectivity index (χ0n) is 12.1. The van der Waals surface area contributed by atoms with Crippen molar-refractivity contribution in [2.75, 3.05) is 19.6 Å². The minimum atomic E-state index is -0.356. The van der Waals surface area contributed by atoms with Gasteiger partial charge in [-0.15, -0.1) is 0 Å². The molecule has 0 aromatic heterocycles. The summed E-state index contributed by atoms with van der Waals surface area (Å²) in [5.41, 5.74) is 0. The van der Waals surface area contributed by atoms with Crippen molar-refractivity contribution in [1.29, 1.82) is 0 Å². The molecule has 1 saturated heterocycles. The second-order valence-electron chi connectivity index (χ2n) is 6.00. The van der Waals surface area contributed by atoms with Crippen molar-refractivity contribution < 1.29 is 9.90 Å². The number of nitrogens with one attached hydrogen (secondary N) is 1. The maximum absolute atomic E-state index is 12.2. The number of likely N-dealkylation sites (tertiary alicyclic amines) is 1. The van der Waals surface area contributed by atoms with Crippen molar-refractivity contribution in [3.05, 3.63) is 0 Å². The van der Waals surface area contributed by atoms with Gasteiger partial charge in [0.05, 0.1) is 12.1 Å². The molecule has 1 amide bonds. The van der Waals surface area contributed by atoms with Crippen molar-refractivity contribution in [2.24, 2.45) is 5.92 Å². The Morgan fingerprint density at radius 2 is 1.95 bits per heavy atom. The smallest absolute Gasteiger partial charge is 0.237 e. The van der Waals surface area contributed by atoms with Gasteiger partial charge in [0.15, 0.2) is 0 Å². The Kier molecular flexibility index (Phi) is 5.64. The number of piperidine rings is 1. The van der Waals surface area contributed by atoms with E-state index >= 15 is 0 Å². The molecular formula is C15H28N2O2. The Hall–Kier alpha value is -0.610. The average Bonchev–Trinajstić information content (AvgIpc) is 2.98. The third-order valence-electron chi connectivity index (χ3n) is 4.75. The van der Waals surface area contributed by atoms with Crippen LogP contribution in [0.4, 0.5) is 0 Å². The van der Waals surface area contributed by atoms with E-state index < -0.39 is 0 Å². The van der Waals surface area contributed by atoms with Gasteiger partial charge in [-0.2, -0.15) is 0 Å². The minimum absolute atomic E-state index is 0.0227. The predicted molar refractivity (Wildman–Crippen MR) is 75.9 cm³/mol. The van der Waals surface area contributed by atoms with Crippen LogP contribution in [0.1, 0.15) is 51.9 Å². The topological polar surface area (TPSA) is 52.6 Å². The number of rotatable bonds is 5. The summed E-state index contributed by atoms with van der Waals surface area (Å²) in [5, 5.41) is 13.1. The lowest BCUT2D eigenvalue weighted by Crippen LogP contribution is -2.50. The Morgan fingerprint density at radius 1 is 1.26 bits per heavy atom. The third-order valence-corrected chi connectivity index (χ3v) is 4.75. The molecule has 2 N–H and O–H groups in total.